The van der Waals surface area contributed by atoms with E-state index in [0.29, 0.717) is 24.9 Å². The number of pyridine rings is 1. The highest BCUT2D eigenvalue weighted by molar-refractivity contribution is 5.92. The highest BCUT2D eigenvalue weighted by Gasteiger charge is 2.26. The Hall–Kier alpha value is -2.20. The lowest BCUT2D eigenvalue weighted by Gasteiger charge is -2.38. The van der Waals surface area contributed by atoms with Gasteiger partial charge in [-0.3, -0.25) is 14.6 Å². The quantitative estimate of drug-likeness (QED) is 0.786. The molecule has 2 heterocycles. The number of rotatable bonds is 6. The molecule has 0 saturated carbocycles. The Kier molecular flexibility index (Phi) is 6.40. The van der Waals surface area contributed by atoms with Crippen LogP contribution in [0.15, 0.2) is 54.7 Å². The average molecular weight is 351 g/mol. The summed E-state index contributed by atoms with van der Waals surface area (Å²) in [6.07, 6.45) is 4.61. The molecule has 0 radical (unpaired) electrons. The zero-order chi connectivity index (χ0) is 18.4. The first kappa shape index (κ1) is 18.6. The summed E-state index contributed by atoms with van der Waals surface area (Å²) < 4.78 is 0. The van der Waals surface area contributed by atoms with Gasteiger partial charge in [-0.15, -0.1) is 0 Å². The van der Waals surface area contributed by atoms with Gasteiger partial charge in [0.25, 0.3) is 0 Å². The van der Waals surface area contributed by atoms with Gasteiger partial charge in [-0.25, -0.2) is 4.98 Å². The molecule has 1 aliphatic heterocycles. The third-order valence-corrected chi connectivity index (χ3v) is 5.40. The molecule has 4 heteroatoms. The molecule has 0 bridgehead atoms. The first-order valence-corrected chi connectivity index (χ1v) is 9.69. The number of piperidine rings is 1. The topological polar surface area (TPSA) is 36.4 Å². The lowest BCUT2D eigenvalue weighted by molar-refractivity contribution is -0.118. The van der Waals surface area contributed by atoms with E-state index in [1.54, 1.807) is 6.20 Å². The zero-order valence-corrected chi connectivity index (χ0v) is 15.8. The van der Waals surface area contributed by atoms with Crippen molar-refractivity contribution in [1.82, 2.24) is 9.88 Å². The first-order valence-electron chi connectivity index (χ1n) is 9.69. The fourth-order valence-corrected chi connectivity index (χ4v) is 3.81. The number of likely N-dealkylation sites (tertiary alicyclic amines) is 1. The number of anilines is 1. The highest BCUT2D eigenvalue weighted by Crippen LogP contribution is 2.28. The second-order valence-corrected chi connectivity index (χ2v) is 7.12. The maximum atomic E-state index is 12.4. The van der Waals surface area contributed by atoms with E-state index < -0.39 is 0 Å². The molecule has 1 fully saturated rings. The summed E-state index contributed by atoms with van der Waals surface area (Å²) >= 11 is 0. The second-order valence-electron chi connectivity index (χ2n) is 7.12. The summed E-state index contributed by atoms with van der Waals surface area (Å²) in [4.78, 5) is 21.2. The molecule has 1 atom stereocenters. The molecular formula is C22H29N3O. The maximum absolute atomic E-state index is 12.4. The highest BCUT2D eigenvalue weighted by atomic mass is 16.2. The molecule has 1 aliphatic rings. The Bertz CT molecular complexity index is 681. The van der Waals surface area contributed by atoms with Crippen LogP contribution in [0.25, 0.3) is 0 Å². The zero-order valence-electron chi connectivity index (χ0n) is 15.8. The summed E-state index contributed by atoms with van der Waals surface area (Å²) in [5, 5.41) is 0. The second kappa shape index (κ2) is 8.95. The van der Waals surface area contributed by atoms with Gasteiger partial charge >= 0.3 is 0 Å². The number of amides is 1. The molecule has 1 unspecified atom stereocenters. The van der Waals surface area contributed by atoms with Crippen molar-refractivity contribution in [3.05, 3.63) is 60.3 Å². The molecule has 2 aromatic rings. The van der Waals surface area contributed by atoms with E-state index in [9.17, 15) is 4.79 Å². The molecule has 1 aromatic heterocycles. The minimum Gasteiger partial charge on any atom is -0.299 e. The summed E-state index contributed by atoms with van der Waals surface area (Å²) in [7, 11) is 0. The van der Waals surface area contributed by atoms with Crippen LogP contribution < -0.4 is 4.90 Å². The number of aromatic nitrogens is 1. The van der Waals surface area contributed by atoms with Gasteiger partial charge in [0.15, 0.2) is 0 Å². The van der Waals surface area contributed by atoms with Crippen molar-refractivity contribution >= 4 is 11.7 Å². The van der Waals surface area contributed by atoms with E-state index in [2.05, 4.69) is 47.1 Å². The van der Waals surface area contributed by atoms with Gasteiger partial charge in [0.05, 0.1) is 0 Å². The number of benzene rings is 1. The molecule has 1 aromatic carbocycles. The Morgan fingerprint density at radius 1 is 1.15 bits per heavy atom. The largest absolute Gasteiger partial charge is 0.299 e. The normalized spacial score (nSPS) is 17.0. The van der Waals surface area contributed by atoms with E-state index in [1.807, 2.05) is 30.0 Å². The van der Waals surface area contributed by atoms with Crippen LogP contribution in [0.2, 0.25) is 0 Å². The fraction of sp³-hybridized carbons (Fsp3) is 0.455. The van der Waals surface area contributed by atoms with Crippen molar-refractivity contribution in [2.45, 2.75) is 45.1 Å². The van der Waals surface area contributed by atoms with Gasteiger partial charge < -0.3 is 0 Å². The van der Waals surface area contributed by atoms with E-state index in [-0.39, 0.29) is 5.91 Å². The average Bonchev–Trinajstić information content (AvgIpc) is 2.72. The monoisotopic (exact) mass is 351 g/mol. The molecule has 4 nitrogen and oxygen atoms in total. The summed E-state index contributed by atoms with van der Waals surface area (Å²) in [5.41, 5.74) is 1.45. The molecule has 0 spiro atoms. The van der Waals surface area contributed by atoms with Crippen LogP contribution in [0.5, 0.6) is 0 Å². The number of hydrogen-bond donors (Lipinski definition) is 0. The fourth-order valence-electron chi connectivity index (χ4n) is 3.81. The number of carbonyl (C=O) groups excluding carboxylic acids is 1. The van der Waals surface area contributed by atoms with Crippen molar-refractivity contribution in [2.75, 3.05) is 24.5 Å². The van der Waals surface area contributed by atoms with Crippen molar-refractivity contribution in [1.29, 1.82) is 0 Å². The van der Waals surface area contributed by atoms with Crippen LogP contribution in [0.1, 0.15) is 44.6 Å². The molecule has 1 amide bonds. The van der Waals surface area contributed by atoms with Gasteiger partial charge in [-0.05, 0) is 56.5 Å². The standard InChI is InChI=1S/C22H29N3O/c1-3-22(26)25(21-11-7-8-14-23-21)17-18(2)24-15-12-20(13-16-24)19-9-5-4-6-10-19/h4-11,14,18,20H,3,12-13,15-17H2,1-2H3. The summed E-state index contributed by atoms with van der Waals surface area (Å²) in [6.45, 7) is 6.99. The number of hydrogen-bond acceptors (Lipinski definition) is 3. The Morgan fingerprint density at radius 2 is 1.85 bits per heavy atom. The predicted molar refractivity (Wildman–Crippen MR) is 106 cm³/mol. The van der Waals surface area contributed by atoms with Gasteiger partial charge in [0.1, 0.15) is 5.82 Å². The van der Waals surface area contributed by atoms with Crippen molar-refractivity contribution < 1.29 is 4.79 Å². The third-order valence-electron chi connectivity index (χ3n) is 5.40. The molecule has 1 saturated heterocycles. The van der Waals surface area contributed by atoms with Crippen LogP contribution in [0, 0.1) is 0 Å². The number of carbonyl (C=O) groups is 1. The van der Waals surface area contributed by atoms with Gasteiger partial charge in [-0.1, -0.05) is 43.3 Å². The lowest BCUT2D eigenvalue weighted by atomic mass is 9.89. The SMILES string of the molecule is CCC(=O)N(CC(C)N1CCC(c2ccccc2)CC1)c1ccccn1. The minimum atomic E-state index is 0.134. The molecule has 0 N–H and O–H groups in total. The van der Waals surface area contributed by atoms with Crippen LogP contribution in [-0.4, -0.2) is 41.5 Å². The third kappa shape index (κ3) is 4.50. The van der Waals surface area contributed by atoms with Gasteiger partial charge in [0, 0.05) is 25.2 Å². The molecule has 138 valence electrons. The van der Waals surface area contributed by atoms with E-state index in [0.717, 1.165) is 18.9 Å². The minimum absolute atomic E-state index is 0.134. The van der Waals surface area contributed by atoms with Crippen molar-refractivity contribution in [2.24, 2.45) is 0 Å². The van der Waals surface area contributed by atoms with E-state index >= 15 is 0 Å². The van der Waals surface area contributed by atoms with Crippen LogP contribution in [0.4, 0.5) is 5.82 Å². The van der Waals surface area contributed by atoms with Gasteiger partial charge in [-0.2, -0.15) is 0 Å². The Morgan fingerprint density at radius 3 is 2.46 bits per heavy atom. The maximum Gasteiger partial charge on any atom is 0.227 e. The van der Waals surface area contributed by atoms with Crippen LogP contribution >= 0.6 is 0 Å². The summed E-state index contributed by atoms with van der Waals surface area (Å²) in [6, 6.07) is 16.9. The van der Waals surface area contributed by atoms with Crippen molar-refractivity contribution in [3.63, 3.8) is 0 Å². The Labute approximate surface area is 156 Å². The van der Waals surface area contributed by atoms with Crippen LogP contribution in [-0.2, 0) is 4.79 Å². The van der Waals surface area contributed by atoms with E-state index in [4.69, 9.17) is 0 Å². The molecule has 3 rings (SSSR count). The number of nitrogens with zero attached hydrogens (tertiary/aromatic N) is 3. The van der Waals surface area contributed by atoms with E-state index in [1.165, 1.54) is 18.4 Å². The lowest BCUT2D eigenvalue weighted by Crippen LogP contribution is -2.47. The summed E-state index contributed by atoms with van der Waals surface area (Å²) in [5.74, 6) is 1.55. The first-order chi connectivity index (χ1) is 12.7. The Balaban J connectivity index is 1.60. The predicted octanol–water partition coefficient (Wildman–Crippen LogP) is 4.09. The molecule has 0 aliphatic carbocycles. The van der Waals surface area contributed by atoms with Crippen LogP contribution in [0.3, 0.4) is 0 Å². The smallest absolute Gasteiger partial charge is 0.227 e. The van der Waals surface area contributed by atoms with Gasteiger partial charge in [0.2, 0.25) is 5.91 Å². The molecular weight excluding hydrogens is 322 g/mol. The van der Waals surface area contributed by atoms with Crippen molar-refractivity contribution in [3.8, 4) is 0 Å². The molecule has 26 heavy (non-hydrogen) atoms.